The van der Waals surface area contributed by atoms with Crippen LogP contribution in [0.5, 0.6) is 0 Å². The summed E-state index contributed by atoms with van der Waals surface area (Å²) in [5, 5.41) is 11.2. The minimum Gasteiger partial charge on any atom is -0.258 e. The molecule has 1 N–H and O–H groups in total. The van der Waals surface area contributed by atoms with Crippen LogP contribution < -0.4 is 4.72 Å². The van der Waals surface area contributed by atoms with Gasteiger partial charge in [-0.2, -0.15) is 0 Å². The van der Waals surface area contributed by atoms with Crippen molar-refractivity contribution in [2.24, 2.45) is 0 Å². The molecule has 0 bridgehead atoms. The third-order valence-corrected chi connectivity index (χ3v) is 5.08. The SMILES string of the molecule is CCC(NS(=O)(=O)c1ccc([N+](=O)[O-])cc1)c1ccc(Cl)cc1. The van der Waals surface area contributed by atoms with Gasteiger partial charge in [0.05, 0.1) is 9.82 Å². The van der Waals surface area contributed by atoms with Crippen LogP contribution in [0.3, 0.4) is 0 Å². The van der Waals surface area contributed by atoms with E-state index in [0.29, 0.717) is 11.4 Å². The average Bonchev–Trinajstić information content (AvgIpc) is 2.53. The molecule has 1 atom stereocenters. The molecule has 0 spiro atoms. The monoisotopic (exact) mass is 354 g/mol. The number of hydrogen-bond donors (Lipinski definition) is 1. The molecule has 0 aromatic heterocycles. The van der Waals surface area contributed by atoms with Gasteiger partial charge in [-0.05, 0) is 36.2 Å². The van der Waals surface area contributed by atoms with Gasteiger partial charge in [-0.1, -0.05) is 30.7 Å². The summed E-state index contributed by atoms with van der Waals surface area (Å²) in [7, 11) is -3.78. The molecule has 0 aliphatic rings. The molecule has 23 heavy (non-hydrogen) atoms. The van der Waals surface area contributed by atoms with Crippen molar-refractivity contribution in [2.75, 3.05) is 0 Å². The molecule has 2 rings (SSSR count). The molecule has 2 aromatic rings. The Hall–Kier alpha value is -1.96. The summed E-state index contributed by atoms with van der Waals surface area (Å²) in [6.07, 6.45) is 0.549. The van der Waals surface area contributed by atoms with Crippen molar-refractivity contribution >= 4 is 27.3 Å². The highest BCUT2D eigenvalue weighted by atomic mass is 35.5. The fourth-order valence-corrected chi connectivity index (χ4v) is 3.52. The molecule has 8 heteroatoms. The predicted molar refractivity (Wildman–Crippen MR) is 87.9 cm³/mol. The van der Waals surface area contributed by atoms with E-state index in [0.717, 1.165) is 17.7 Å². The molecule has 0 amide bonds. The molecule has 1 unspecified atom stereocenters. The first-order valence-corrected chi connectivity index (χ1v) is 8.72. The molecule has 0 fully saturated rings. The molecule has 0 heterocycles. The van der Waals surface area contributed by atoms with Gasteiger partial charge in [0, 0.05) is 23.2 Å². The zero-order valence-corrected chi connectivity index (χ0v) is 13.8. The molecule has 122 valence electrons. The summed E-state index contributed by atoms with van der Waals surface area (Å²) in [6, 6.07) is 11.3. The van der Waals surface area contributed by atoms with Gasteiger partial charge in [0.2, 0.25) is 10.0 Å². The number of benzene rings is 2. The Morgan fingerprint density at radius 2 is 1.70 bits per heavy atom. The summed E-state index contributed by atoms with van der Waals surface area (Å²) < 4.78 is 27.4. The Balaban J connectivity index is 2.24. The van der Waals surface area contributed by atoms with Crippen LogP contribution in [0.4, 0.5) is 5.69 Å². The van der Waals surface area contributed by atoms with E-state index in [2.05, 4.69) is 4.72 Å². The van der Waals surface area contributed by atoms with Crippen LogP contribution in [-0.2, 0) is 10.0 Å². The number of nitrogens with zero attached hydrogens (tertiary/aromatic N) is 1. The first-order valence-electron chi connectivity index (χ1n) is 6.85. The Bertz CT molecular complexity index is 789. The highest BCUT2D eigenvalue weighted by molar-refractivity contribution is 7.89. The summed E-state index contributed by atoms with van der Waals surface area (Å²) in [5.41, 5.74) is 0.635. The van der Waals surface area contributed by atoms with E-state index in [9.17, 15) is 18.5 Å². The normalized spacial score (nSPS) is 12.8. The Morgan fingerprint density at radius 3 is 2.17 bits per heavy atom. The van der Waals surface area contributed by atoms with Gasteiger partial charge in [0.1, 0.15) is 0 Å². The van der Waals surface area contributed by atoms with Crippen molar-refractivity contribution in [3.63, 3.8) is 0 Å². The number of nitro groups is 1. The lowest BCUT2D eigenvalue weighted by Gasteiger charge is -2.17. The van der Waals surface area contributed by atoms with E-state index in [-0.39, 0.29) is 10.6 Å². The Morgan fingerprint density at radius 1 is 1.13 bits per heavy atom. The number of nitro benzene ring substituents is 1. The molecule has 0 aliphatic heterocycles. The molecule has 0 radical (unpaired) electrons. The van der Waals surface area contributed by atoms with Crippen molar-refractivity contribution in [2.45, 2.75) is 24.3 Å². The third-order valence-electron chi connectivity index (χ3n) is 3.34. The van der Waals surface area contributed by atoms with Gasteiger partial charge in [0.15, 0.2) is 0 Å². The van der Waals surface area contributed by atoms with E-state index in [1.54, 1.807) is 24.3 Å². The predicted octanol–water partition coefficient (Wildman–Crippen LogP) is 3.68. The van der Waals surface area contributed by atoms with Crippen LogP contribution in [0, 0.1) is 10.1 Å². The van der Waals surface area contributed by atoms with Crippen molar-refractivity contribution in [1.29, 1.82) is 0 Å². The zero-order chi connectivity index (χ0) is 17.0. The van der Waals surface area contributed by atoms with Crippen LogP contribution in [0.2, 0.25) is 5.02 Å². The van der Waals surface area contributed by atoms with Crippen LogP contribution in [0.1, 0.15) is 24.9 Å². The van der Waals surface area contributed by atoms with Crippen LogP contribution in [-0.4, -0.2) is 13.3 Å². The number of non-ortho nitro benzene ring substituents is 1. The Kier molecular flexibility index (Phi) is 5.35. The molecule has 0 aliphatic carbocycles. The maximum Gasteiger partial charge on any atom is 0.269 e. The molecule has 0 saturated heterocycles. The average molecular weight is 355 g/mol. The van der Waals surface area contributed by atoms with Crippen LogP contribution in [0.15, 0.2) is 53.4 Å². The second kappa shape index (κ2) is 7.08. The maximum absolute atomic E-state index is 12.4. The first-order chi connectivity index (χ1) is 10.8. The van der Waals surface area contributed by atoms with Gasteiger partial charge >= 0.3 is 0 Å². The van der Waals surface area contributed by atoms with Gasteiger partial charge in [-0.3, -0.25) is 10.1 Å². The number of hydrogen-bond acceptors (Lipinski definition) is 4. The maximum atomic E-state index is 12.4. The van der Waals surface area contributed by atoms with Crippen LogP contribution in [0.25, 0.3) is 0 Å². The van der Waals surface area contributed by atoms with Crippen molar-refractivity contribution in [3.05, 3.63) is 69.2 Å². The van der Waals surface area contributed by atoms with Gasteiger partial charge in [-0.15, -0.1) is 0 Å². The van der Waals surface area contributed by atoms with Gasteiger partial charge < -0.3 is 0 Å². The zero-order valence-electron chi connectivity index (χ0n) is 12.3. The molecule has 2 aromatic carbocycles. The smallest absolute Gasteiger partial charge is 0.258 e. The van der Waals surface area contributed by atoms with E-state index in [4.69, 9.17) is 11.6 Å². The molecule has 6 nitrogen and oxygen atoms in total. The second-order valence-electron chi connectivity index (χ2n) is 4.88. The van der Waals surface area contributed by atoms with Gasteiger partial charge in [-0.25, -0.2) is 13.1 Å². The lowest BCUT2D eigenvalue weighted by molar-refractivity contribution is -0.384. The van der Waals surface area contributed by atoms with E-state index >= 15 is 0 Å². The van der Waals surface area contributed by atoms with Crippen molar-refractivity contribution < 1.29 is 13.3 Å². The lowest BCUT2D eigenvalue weighted by atomic mass is 10.1. The summed E-state index contributed by atoms with van der Waals surface area (Å²) in [6.45, 7) is 1.86. The number of nitrogens with one attached hydrogen (secondary N) is 1. The fraction of sp³-hybridized carbons (Fsp3) is 0.200. The first kappa shape index (κ1) is 17.4. The summed E-state index contributed by atoms with van der Waals surface area (Å²) in [4.78, 5) is 10.0. The summed E-state index contributed by atoms with van der Waals surface area (Å²) >= 11 is 5.84. The molecule has 0 saturated carbocycles. The number of sulfonamides is 1. The van der Waals surface area contributed by atoms with E-state index in [1.807, 2.05) is 6.92 Å². The highest BCUT2D eigenvalue weighted by Gasteiger charge is 2.21. The standard InChI is InChI=1S/C15H15ClN2O4S/c1-2-15(11-3-5-12(16)6-4-11)17-23(21,22)14-9-7-13(8-10-14)18(19)20/h3-10,15,17H,2H2,1H3. The van der Waals surface area contributed by atoms with Crippen molar-refractivity contribution in [3.8, 4) is 0 Å². The topological polar surface area (TPSA) is 89.3 Å². The lowest BCUT2D eigenvalue weighted by Crippen LogP contribution is -2.28. The molecular formula is C15H15ClN2O4S. The summed E-state index contributed by atoms with van der Waals surface area (Å²) in [5.74, 6) is 0. The minimum atomic E-state index is -3.78. The quantitative estimate of drug-likeness (QED) is 0.633. The fourth-order valence-electron chi connectivity index (χ4n) is 2.08. The molecular weight excluding hydrogens is 340 g/mol. The minimum absolute atomic E-state index is 0.0180. The number of rotatable bonds is 6. The number of halogens is 1. The highest BCUT2D eigenvalue weighted by Crippen LogP contribution is 2.23. The van der Waals surface area contributed by atoms with Crippen LogP contribution >= 0.6 is 11.6 Å². The van der Waals surface area contributed by atoms with E-state index in [1.165, 1.54) is 12.1 Å². The Labute approximate surface area is 139 Å². The van der Waals surface area contributed by atoms with Gasteiger partial charge in [0.25, 0.3) is 5.69 Å². The third kappa shape index (κ3) is 4.28. The van der Waals surface area contributed by atoms with Crippen molar-refractivity contribution in [1.82, 2.24) is 4.72 Å². The largest absolute Gasteiger partial charge is 0.269 e. The second-order valence-corrected chi connectivity index (χ2v) is 7.04. The van der Waals surface area contributed by atoms with E-state index < -0.39 is 21.0 Å².